The number of carbonyl (C=O) groups is 4. The van der Waals surface area contributed by atoms with Crippen molar-refractivity contribution in [3.63, 3.8) is 0 Å². The lowest BCUT2D eigenvalue weighted by Gasteiger charge is -2.17. The molecule has 5 aromatic carbocycles. The standard InChI is InChI=1S/C44H44N4O8/c1-4-21-53-44(52)34-17-20-37(40(24-34)54-26-29(2)3)48-43(51)33-16-19-36(39(23-33)56-28-31-13-9-6-10-14-31)47-42(50)32-15-18-35(46-41(49)25-45)38(22-32)55-27-30-11-7-5-8-12-30/h4-20,22-24,29H,1,21,25-28,45H2,2-3H3,(H,46,49)(H,47,50)(H,48,51). The number of hydrogen-bond acceptors (Lipinski definition) is 9. The fourth-order valence-corrected chi connectivity index (χ4v) is 5.18. The molecule has 0 aliphatic carbocycles. The van der Waals surface area contributed by atoms with E-state index in [4.69, 9.17) is 24.7 Å². The van der Waals surface area contributed by atoms with Crippen molar-refractivity contribution in [2.45, 2.75) is 27.1 Å². The molecular weight excluding hydrogens is 713 g/mol. The van der Waals surface area contributed by atoms with Gasteiger partial charge in [-0.15, -0.1) is 0 Å². The van der Waals surface area contributed by atoms with Gasteiger partial charge in [-0.25, -0.2) is 4.79 Å². The van der Waals surface area contributed by atoms with Crippen molar-refractivity contribution in [2.75, 3.05) is 35.7 Å². The number of nitrogens with one attached hydrogen (secondary N) is 3. The Balaban J connectivity index is 1.41. The molecule has 5 N–H and O–H groups in total. The molecule has 0 fully saturated rings. The molecular formula is C44H44N4O8. The molecule has 0 heterocycles. The molecule has 5 aromatic rings. The number of amides is 3. The van der Waals surface area contributed by atoms with Crippen LogP contribution in [0.1, 0.15) is 56.0 Å². The van der Waals surface area contributed by atoms with Crippen molar-refractivity contribution in [2.24, 2.45) is 11.7 Å². The van der Waals surface area contributed by atoms with E-state index in [2.05, 4.69) is 22.5 Å². The van der Waals surface area contributed by atoms with Crippen LogP contribution in [0.4, 0.5) is 17.1 Å². The first-order valence-corrected chi connectivity index (χ1v) is 17.9. The summed E-state index contributed by atoms with van der Waals surface area (Å²) >= 11 is 0. The highest BCUT2D eigenvalue weighted by Crippen LogP contribution is 2.32. The molecule has 0 saturated carbocycles. The minimum absolute atomic E-state index is 0.0516. The van der Waals surface area contributed by atoms with E-state index in [1.54, 1.807) is 30.3 Å². The molecule has 288 valence electrons. The van der Waals surface area contributed by atoms with Crippen LogP contribution >= 0.6 is 0 Å². The van der Waals surface area contributed by atoms with E-state index in [9.17, 15) is 19.2 Å². The Morgan fingerprint density at radius 1 is 0.625 bits per heavy atom. The van der Waals surface area contributed by atoms with Crippen LogP contribution in [0.15, 0.2) is 128 Å². The Hall–Kier alpha value is -6.92. The summed E-state index contributed by atoms with van der Waals surface area (Å²) < 4.78 is 23.4. The second-order valence-corrected chi connectivity index (χ2v) is 12.9. The van der Waals surface area contributed by atoms with E-state index in [0.717, 1.165) is 11.1 Å². The Morgan fingerprint density at radius 2 is 1.07 bits per heavy atom. The molecule has 5 rings (SSSR count). The first kappa shape index (κ1) is 40.3. The Kier molecular flexibility index (Phi) is 14.3. The molecule has 0 aromatic heterocycles. The lowest BCUT2D eigenvalue weighted by Crippen LogP contribution is -2.22. The van der Waals surface area contributed by atoms with Crippen LogP contribution in [0, 0.1) is 5.92 Å². The van der Waals surface area contributed by atoms with Gasteiger partial charge in [0.15, 0.2) is 0 Å². The van der Waals surface area contributed by atoms with Crippen LogP contribution in [0.3, 0.4) is 0 Å². The molecule has 56 heavy (non-hydrogen) atoms. The van der Waals surface area contributed by atoms with Gasteiger partial charge >= 0.3 is 5.97 Å². The number of carbonyl (C=O) groups excluding carboxylic acids is 4. The van der Waals surface area contributed by atoms with Crippen molar-refractivity contribution in [1.29, 1.82) is 0 Å². The largest absolute Gasteiger partial charge is 0.491 e. The predicted octanol–water partition coefficient (Wildman–Crippen LogP) is 7.62. The average molecular weight is 757 g/mol. The number of benzene rings is 5. The Labute approximate surface area is 325 Å². The van der Waals surface area contributed by atoms with Gasteiger partial charge in [0.05, 0.1) is 35.8 Å². The molecule has 12 nitrogen and oxygen atoms in total. The highest BCUT2D eigenvalue weighted by Gasteiger charge is 2.19. The molecule has 0 aliphatic rings. The van der Waals surface area contributed by atoms with Crippen LogP contribution in [0.25, 0.3) is 0 Å². The van der Waals surface area contributed by atoms with Crippen LogP contribution < -0.4 is 35.9 Å². The third-order valence-electron chi connectivity index (χ3n) is 8.04. The maximum absolute atomic E-state index is 13.7. The summed E-state index contributed by atoms with van der Waals surface area (Å²) in [5, 5.41) is 8.47. The minimum Gasteiger partial charge on any atom is -0.491 e. The first-order chi connectivity index (χ1) is 27.1. The zero-order valence-corrected chi connectivity index (χ0v) is 31.2. The zero-order valence-electron chi connectivity index (χ0n) is 31.2. The second kappa shape index (κ2) is 20.0. The van der Waals surface area contributed by atoms with Crippen molar-refractivity contribution >= 4 is 40.8 Å². The lowest BCUT2D eigenvalue weighted by atomic mass is 10.1. The third-order valence-corrected chi connectivity index (χ3v) is 8.04. The van der Waals surface area contributed by atoms with Crippen LogP contribution in [-0.2, 0) is 22.7 Å². The summed E-state index contributed by atoms with van der Waals surface area (Å²) in [6.45, 7) is 8.03. The smallest absolute Gasteiger partial charge is 0.338 e. The molecule has 0 atom stereocenters. The van der Waals surface area contributed by atoms with Gasteiger partial charge in [-0.1, -0.05) is 87.2 Å². The van der Waals surface area contributed by atoms with E-state index in [1.807, 2.05) is 74.5 Å². The summed E-state index contributed by atoms with van der Waals surface area (Å²) in [7, 11) is 0. The van der Waals surface area contributed by atoms with E-state index in [0.29, 0.717) is 29.4 Å². The van der Waals surface area contributed by atoms with Crippen molar-refractivity contribution in [1.82, 2.24) is 0 Å². The third kappa shape index (κ3) is 11.5. The fraction of sp³-hybridized carbons (Fsp3) is 0.182. The zero-order chi connectivity index (χ0) is 39.9. The molecule has 12 heteroatoms. The summed E-state index contributed by atoms with van der Waals surface area (Å²) in [6, 6.07) is 32.8. The molecule has 0 bridgehead atoms. The number of hydrogen-bond donors (Lipinski definition) is 4. The highest BCUT2D eigenvalue weighted by molar-refractivity contribution is 6.08. The van der Waals surface area contributed by atoms with Gasteiger partial charge in [0.2, 0.25) is 5.91 Å². The van der Waals surface area contributed by atoms with Gasteiger partial charge in [-0.2, -0.15) is 0 Å². The van der Waals surface area contributed by atoms with Crippen molar-refractivity contribution in [3.05, 3.63) is 156 Å². The SMILES string of the molecule is C=CCOC(=O)c1ccc(NC(=O)c2ccc(NC(=O)c3ccc(NC(=O)CN)c(OCc4ccccc4)c3)c(OCc3ccccc3)c2)c(OCC(C)C)c1. The van der Waals surface area contributed by atoms with E-state index >= 15 is 0 Å². The van der Waals surface area contributed by atoms with Gasteiger partial charge in [0, 0.05) is 11.1 Å². The molecule has 0 unspecified atom stereocenters. The molecule has 3 amide bonds. The normalized spacial score (nSPS) is 10.6. The molecule has 0 aliphatic heterocycles. The first-order valence-electron chi connectivity index (χ1n) is 17.9. The number of nitrogens with two attached hydrogens (primary N) is 1. The monoisotopic (exact) mass is 756 g/mol. The van der Waals surface area contributed by atoms with Crippen LogP contribution in [0.2, 0.25) is 0 Å². The van der Waals surface area contributed by atoms with E-state index < -0.39 is 23.7 Å². The fourth-order valence-electron chi connectivity index (χ4n) is 5.18. The summed E-state index contributed by atoms with van der Waals surface area (Å²) in [5.41, 5.74) is 9.01. The Morgan fingerprint density at radius 3 is 1.54 bits per heavy atom. The second-order valence-electron chi connectivity index (χ2n) is 12.9. The van der Waals surface area contributed by atoms with E-state index in [1.165, 1.54) is 30.3 Å². The summed E-state index contributed by atoms with van der Waals surface area (Å²) in [6.07, 6.45) is 1.47. The van der Waals surface area contributed by atoms with Gasteiger partial charge in [-0.05, 0) is 71.6 Å². The number of rotatable bonds is 18. The number of ether oxygens (including phenoxy) is 4. The van der Waals surface area contributed by atoms with Gasteiger partial charge < -0.3 is 40.6 Å². The highest BCUT2D eigenvalue weighted by atomic mass is 16.5. The summed E-state index contributed by atoms with van der Waals surface area (Å²) in [5.74, 6) is -0.980. The quantitative estimate of drug-likeness (QED) is 0.0519. The van der Waals surface area contributed by atoms with Crippen molar-refractivity contribution < 1.29 is 38.1 Å². The molecule has 0 spiro atoms. The number of anilines is 3. The number of esters is 1. The summed E-state index contributed by atoms with van der Waals surface area (Å²) in [4.78, 5) is 52.1. The predicted molar refractivity (Wildman–Crippen MR) is 215 cm³/mol. The van der Waals surface area contributed by atoms with Gasteiger partial charge in [0.1, 0.15) is 37.1 Å². The minimum atomic E-state index is -0.555. The van der Waals surface area contributed by atoms with Gasteiger partial charge in [0.25, 0.3) is 11.8 Å². The van der Waals surface area contributed by atoms with Crippen LogP contribution in [-0.4, -0.2) is 43.4 Å². The average Bonchev–Trinajstić information content (AvgIpc) is 3.22. The maximum Gasteiger partial charge on any atom is 0.338 e. The van der Waals surface area contributed by atoms with Crippen molar-refractivity contribution in [3.8, 4) is 17.2 Å². The van der Waals surface area contributed by atoms with Crippen LogP contribution in [0.5, 0.6) is 17.2 Å². The molecule has 0 radical (unpaired) electrons. The maximum atomic E-state index is 13.7. The van der Waals surface area contributed by atoms with Gasteiger partial charge in [-0.3, -0.25) is 14.4 Å². The Bertz CT molecular complexity index is 2160. The topological polar surface area (TPSA) is 167 Å². The lowest BCUT2D eigenvalue weighted by molar-refractivity contribution is -0.114. The van der Waals surface area contributed by atoms with E-state index in [-0.39, 0.29) is 60.5 Å². The molecule has 0 saturated heterocycles.